The molecule has 1 aromatic heterocycles. The maximum Gasteiger partial charge on any atom is 0.328 e. The Balaban J connectivity index is 0.000000446. The quantitative estimate of drug-likeness (QED) is 0.0200. The van der Waals surface area contributed by atoms with Crippen LogP contribution in [0.25, 0.3) is 0 Å². The molecule has 0 spiro atoms. The van der Waals surface area contributed by atoms with Gasteiger partial charge in [0.1, 0.15) is 0 Å². The minimum absolute atomic E-state index is 0.124. The number of aromatic nitrogens is 4. The molecule has 144 heavy (non-hydrogen) atoms. The van der Waals surface area contributed by atoms with E-state index in [0.717, 1.165) is 379 Å². The van der Waals surface area contributed by atoms with Gasteiger partial charge in [-0.2, -0.15) is 5.21 Å². The van der Waals surface area contributed by atoms with E-state index in [1.165, 1.54) is 55.9 Å². The summed E-state index contributed by atoms with van der Waals surface area (Å²) < 4.78 is 0. The molecule has 1 saturated carbocycles. The zero-order valence-corrected chi connectivity index (χ0v) is 89.8. The summed E-state index contributed by atoms with van der Waals surface area (Å²) >= 11 is 0. The first-order valence-electron chi connectivity index (χ1n) is 56.9. The summed E-state index contributed by atoms with van der Waals surface area (Å²) in [5, 5.41) is 56.9. The highest BCUT2D eigenvalue weighted by atomic mass is 16.4. The van der Waals surface area contributed by atoms with Gasteiger partial charge in [-0.15, -0.1) is 10.2 Å². The molecule has 6 N–H and O–H groups in total. The lowest BCUT2D eigenvalue weighted by atomic mass is 9.84. The number of aromatic amines is 1. The second-order valence-corrected chi connectivity index (χ2v) is 41.8. The van der Waals surface area contributed by atoms with Crippen LogP contribution in [0.3, 0.4) is 0 Å². The lowest BCUT2D eigenvalue weighted by Gasteiger charge is -2.35. The van der Waals surface area contributed by atoms with Gasteiger partial charge in [-0.3, -0.25) is 76.7 Å². The van der Waals surface area contributed by atoms with Crippen LogP contribution in [0.5, 0.6) is 0 Å². The predicted molar refractivity (Wildman–Crippen MR) is 557 cm³/mol. The fraction of sp³-hybridized carbons (Fsp3) is 0.821. The van der Waals surface area contributed by atoms with Crippen LogP contribution >= 0.6 is 0 Å². The zero-order chi connectivity index (χ0) is 106. The molecule has 6 unspecified atom stereocenters. The van der Waals surface area contributed by atoms with E-state index in [-0.39, 0.29) is 126 Å². The smallest absolute Gasteiger partial charge is 0.328 e. The van der Waals surface area contributed by atoms with Gasteiger partial charge in [0.2, 0.25) is 34.7 Å². The van der Waals surface area contributed by atoms with Crippen molar-refractivity contribution in [3.63, 3.8) is 0 Å². The van der Waals surface area contributed by atoms with Crippen molar-refractivity contribution in [3.05, 3.63) is 18.0 Å². The SMILES string of the molecule is CCC(C)(C)C(=O)C(=O)N1CCCCC1c1nn[nH]n1.CCCCCC(=O)C(=O)N1CCCC1CCCCCCC(=O)O.CCCCCCC(=O)C(=O)N1CCCC1CCCCCCCC(=O)O.CCCCCCCC(=O)C(=O)N1CCCC1CCCCCCCCC(=O)O.CCCCCCCCC(=O)C(=O)N1CCCC1CCCCCCCCCC(=O)O.O=C(O)/C=C/C1CCCN1C(=O)C(=O)C1CCCCC1. The maximum absolute atomic E-state index is 12.5. The van der Waals surface area contributed by atoms with Crippen LogP contribution in [-0.4, -0.2) is 245 Å². The van der Waals surface area contributed by atoms with Gasteiger partial charge in [0.25, 0.3) is 35.4 Å². The maximum atomic E-state index is 12.5. The molecule has 6 aliphatic heterocycles. The number of likely N-dealkylation sites (tertiary alicyclic amines) is 6. The second kappa shape index (κ2) is 79.2. The van der Waals surface area contributed by atoms with Crippen LogP contribution in [0.4, 0.5) is 0 Å². The van der Waals surface area contributed by atoms with Gasteiger partial charge in [0, 0.05) is 132 Å². The van der Waals surface area contributed by atoms with Crippen molar-refractivity contribution < 1.29 is 107 Å². The number of hydrogen-bond donors (Lipinski definition) is 6. The summed E-state index contributed by atoms with van der Waals surface area (Å²) in [5.74, 6) is -6.85. The number of amides is 6. The third kappa shape index (κ3) is 55.1. The van der Waals surface area contributed by atoms with Gasteiger partial charge in [0.05, 0.1) is 12.1 Å². The largest absolute Gasteiger partial charge is 0.481 e. The van der Waals surface area contributed by atoms with Crippen LogP contribution in [0.1, 0.15) is 516 Å². The van der Waals surface area contributed by atoms with Gasteiger partial charge in [-0.05, 0) is 180 Å². The number of carbonyl (C=O) groups is 17. The third-order valence-electron chi connectivity index (χ3n) is 29.6. The molecule has 0 radical (unpaired) electrons. The Morgan fingerprint density at radius 3 is 0.910 bits per heavy atom. The van der Waals surface area contributed by atoms with Gasteiger partial charge < -0.3 is 54.9 Å². The van der Waals surface area contributed by atoms with Crippen LogP contribution in [0, 0.1) is 11.3 Å². The molecule has 820 valence electrons. The first-order valence-corrected chi connectivity index (χ1v) is 56.9. The molecule has 32 heteroatoms. The van der Waals surface area contributed by atoms with Gasteiger partial charge in [0.15, 0.2) is 5.82 Å². The topological polar surface area (TPSA) is 465 Å². The summed E-state index contributed by atoms with van der Waals surface area (Å²) in [5.41, 5.74) is -0.629. The Morgan fingerprint density at radius 2 is 0.590 bits per heavy atom. The molecule has 0 aromatic carbocycles. The van der Waals surface area contributed by atoms with Gasteiger partial charge >= 0.3 is 29.8 Å². The first-order chi connectivity index (χ1) is 69.3. The van der Waals surface area contributed by atoms with E-state index >= 15 is 0 Å². The number of unbranched alkanes of at least 4 members (excludes halogenated alkanes) is 32. The zero-order valence-electron chi connectivity index (χ0n) is 89.8. The molecule has 6 amide bonds. The Bertz CT molecular complexity index is 3920. The Morgan fingerprint density at radius 1 is 0.306 bits per heavy atom. The summed E-state index contributed by atoms with van der Waals surface area (Å²) in [6, 6.07) is 0.445. The van der Waals surface area contributed by atoms with Crippen molar-refractivity contribution in [3.8, 4) is 0 Å². The molecule has 1 aromatic rings. The van der Waals surface area contributed by atoms with Crippen LogP contribution in [-0.2, 0) is 81.5 Å². The molecular formula is C112H190N10O22. The summed E-state index contributed by atoms with van der Waals surface area (Å²) in [6.45, 7) is 18.1. The number of rotatable bonds is 68. The van der Waals surface area contributed by atoms with Crippen molar-refractivity contribution in [2.75, 3.05) is 39.3 Å². The molecule has 7 aliphatic rings. The van der Waals surface area contributed by atoms with Crippen LogP contribution in [0.15, 0.2) is 12.2 Å². The predicted octanol–water partition coefficient (Wildman–Crippen LogP) is 21.9. The molecule has 1 aliphatic carbocycles. The van der Waals surface area contributed by atoms with Crippen LogP contribution in [0.2, 0.25) is 0 Å². The van der Waals surface area contributed by atoms with E-state index in [9.17, 15) is 81.5 Å². The molecular weight excluding hydrogens is 1840 g/mol. The average Bonchev–Trinajstić information content (AvgIpc) is 1.25. The highest BCUT2D eigenvalue weighted by Gasteiger charge is 2.42. The lowest BCUT2D eigenvalue weighted by Crippen LogP contribution is -2.46. The molecule has 7 fully saturated rings. The Hall–Kier alpha value is -9.00. The minimum Gasteiger partial charge on any atom is -0.481 e. The van der Waals surface area contributed by atoms with Gasteiger partial charge in [-0.1, -0.05) is 284 Å². The van der Waals surface area contributed by atoms with Crippen molar-refractivity contribution in [1.29, 1.82) is 0 Å². The summed E-state index contributed by atoms with van der Waals surface area (Å²) in [7, 11) is 0. The van der Waals surface area contributed by atoms with E-state index in [2.05, 4.69) is 48.3 Å². The van der Waals surface area contributed by atoms with Gasteiger partial charge in [-0.25, -0.2) is 4.79 Å². The number of nitrogens with zero attached hydrogens (tertiary/aromatic N) is 9. The normalized spacial score (nSPS) is 18.3. The van der Waals surface area contributed by atoms with E-state index in [0.29, 0.717) is 57.6 Å². The summed E-state index contributed by atoms with van der Waals surface area (Å²) in [4.78, 5) is 210. The minimum atomic E-state index is -1.03. The first kappa shape index (κ1) is 129. The number of H-pyrrole nitrogens is 1. The molecule has 32 nitrogen and oxygen atoms in total. The summed E-state index contributed by atoms with van der Waals surface area (Å²) in [6.07, 6.45) is 68.1. The Labute approximate surface area is 861 Å². The molecule has 7 heterocycles. The molecule has 6 saturated heterocycles. The monoisotopic (exact) mass is 2030 g/mol. The highest BCUT2D eigenvalue weighted by molar-refractivity contribution is 6.39. The fourth-order valence-corrected chi connectivity index (χ4v) is 20.4. The molecule has 0 bridgehead atoms. The highest BCUT2D eigenvalue weighted by Crippen LogP contribution is 2.34. The van der Waals surface area contributed by atoms with Crippen molar-refractivity contribution in [2.24, 2.45) is 11.3 Å². The van der Waals surface area contributed by atoms with Crippen molar-refractivity contribution in [2.45, 2.75) is 541 Å². The van der Waals surface area contributed by atoms with E-state index in [1.807, 2.05) is 21.6 Å². The number of carboxylic acid groups (broad SMARTS) is 5. The van der Waals surface area contributed by atoms with E-state index < -0.39 is 47.1 Å². The fourth-order valence-electron chi connectivity index (χ4n) is 20.4. The number of carbonyl (C=O) groups excluding carboxylic acids is 12. The number of hydrogen-bond acceptors (Lipinski definition) is 20. The number of nitrogens with one attached hydrogen (secondary N) is 1. The number of aliphatic carboxylic acids is 5. The molecule has 6 atom stereocenters. The number of ketones is 6. The van der Waals surface area contributed by atoms with E-state index in [1.54, 1.807) is 23.6 Å². The molecule has 8 rings (SSSR count). The number of Topliss-reactive ketones (excluding diaryl/α,β-unsaturated/α-hetero) is 6. The third-order valence-corrected chi connectivity index (χ3v) is 29.6. The van der Waals surface area contributed by atoms with Crippen molar-refractivity contribution >= 4 is 100.0 Å². The second-order valence-electron chi connectivity index (χ2n) is 41.8. The standard InChI is InChI=1S/C24H43NO4.C22H39NO4.C20H35NO4.C18H31NO4.C15H21NO4.C13H21N5O2/c1-2-3-4-5-10-13-18-22(26)24(29)25-20-15-17-21(25)16-12-9-7-6-8-11-14-19-23(27)28;1-2-3-4-7-11-16-20(24)22(27)23-18-13-15-19(23)14-10-8-5-6-9-12-17-21(25)26;1-2-3-4-9-14-18(22)20(25)21-16-11-13-17(21)12-8-6-5-7-10-15-19(23)24;1-2-3-6-12-16(20)18(23)19-14-9-11-15(19)10-7-4-5-8-13-17(21)22;17-13(18)9-8-12-7-4-10-16(12)15(20)14(19)11-5-2-1-3-6-11;1-4-13(2,3)10(19)12(20)18-8-6-5-7-9(18)11-14-16-17-15-11/h21H,2-20H2,1H3,(H,27,28);19H,2-18H2,1H3,(H,25,26);17H,2-16H2,1H3,(H,23,24);15H,2-14H2,1H3,(H,21,22);8-9,11-12H,1-7,10H2,(H,17,18);9H,4-8H2,1-3H3,(H,14,15,16,17)/b;;;;9-8+;. The number of carboxylic acids is 5. The Kier molecular flexibility index (Phi) is 71.0. The van der Waals surface area contributed by atoms with Crippen molar-refractivity contribution in [1.82, 2.24) is 50.0 Å². The average molecular weight is 2030 g/mol. The van der Waals surface area contributed by atoms with E-state index in [4.69, 9.17) is 25.5 Å². The lowest BCUT2D eigenvalue weighted by molar-refractivity contribution is -0.151. The number of piperidine rings is 1. The number of tetrazole rings is 1. The van der Waals surface area contributed by atoms with Crippen LogP contribution < -0.4 is 0 Å².